The van der Waals surface area contributed by atoms with E-state index in [4.69, 9.17) is 11.6 Å². The summed E-state index contributed by atoms with van der Waals surface area (Å²) >= 11 is 5.61. The molecule has 15 heavy (non-hydrogen) atoms. The Bertz CT molecular complexity index is 362. The van der Waals surface area contributed by atoms with Gasteiger partial charge in [0.25, 0.3) is 0 Å². The van der Waals surface area contributed by atoms with Gasteiger partial charge in [-0.1, -0.05) is 17.7 Å². The van der Waals surface area contributed by atoms with Gasteiger partial charge in [-0.25, -0.2) is 4.39 Å². The molecular weight excluding hydrogens is 217 g/mol. The minimum Gasteiger partial charge on any atom is -0.391 e. The molecule has 1 aliphatic rings. The number of aliphatic hydroxyl groups excluding tert-OH is 1. The summed E-state index contributed by atoms with van der Waals surface area (Å²) < 4.78 is 13.3. The van der Waals surface area contributed by atoms with E-state index in [2.05, 4.69) is 0 Å². The highest BCUT2D eigenvalue weighted by atomic mass is 35.5. The van der Waals surface area contributed by atoms with Crippen molar-refractivity contribution in [1.29, 1.82) is 0 Å². The summed E-state index contributed by atoms with van der Waals surface area (Å²) in [5.74, 6) is -0.429. The predicted molar refractivity (Wildman–Crippen MR) is 57.4 cm³/mol. The highest BCUT2D eigenvalue weighted by Crippen LogP contribution is 2.32. The molecule has 4 heteroatoms. The van der Waals surface area contributed by atoms with Crippen LogP contribution in [-0.2, 0) is 0 Å². The van der Waals surface area contributed by atoms with Crippen LogP contribution in [0.2, 0.25) is 5.02 Å². The van der Waals surface area contributed by atoms with Crippen LogP contribution in [0.3, 0.4) is 0 Å². The number of likely N-dealkylation sites (N-methyl/N-ethyl adjacent to an activating group) is 1. The van der Waals surface area contributed by atoms with Gasteiger partial charge < -0.3 is 5.11 Å². The van der Waals surface area contributed by atoms with Crippen LogP contribution in [0.15, 0.2) is 18.2 Å². The maximum atomic E-state index is 13.3. The minimum absolute atomic E-state index is 0.114. The Hall–Kier alpha value is -0.640. The van der Waals surface area contributed by atoms with E-state index in [0.717, 1.165) is 18.5 Å². The highest BCUT2D eigenvalue weighted by molar-refractivity contribution is 6.30. The van der Waals surface area contributed by atoms with Gasteiger partial charge >= 0.3 is 0 Å². The average Bonchev–Trinajstić information content (AvgIpc) is 2.52. The molecule has 1 aliphatic heterocycles. The predicted octanol–water partition coefficient (Wildman–Crippen LogP) is 2.22. The summed E-state index contributed by atoms with van der Waals surface area (Å²) in [4.78, 5) is 2.02. The molecule has 0 radical (unpaired) electrons. The molecule has 2 atom stereocenters. The van der Waals surface area contributed by atoms with E-state index in [0.29, 0.717) is 0 Å². The molecule has 2 unspecified atom stereocenters. The lowest BCUT2D eigenvalue weighted by Crippen LogP contribution is -2.23. The smallest absolute Gasteiger partial charge is 0.142 e. The minimum atomic E-state index is -0.429. The largest absolute Gasteiger partial charge is 0.391 e. The molecule has 1 aromatic carbocycles. The topological polar surface area (TPSA) is 23.5 Å². The zero-order valence-electron chi connectivity index (χ0n) is 8.45. The Morgan fingerprint density at radius 1 is 1.53 bits per heavy atom. The van der Waals surface area contributed by atoms with Crippen LogP contribution < -0.4 is 0 Å². The summed E-state index contributed by atoms with van der Waals surface area (Å²) in [5, 5.41) is 9.90. The van der Waals surface area contributed by atoms with Gasteiger partial charge in [-0.3, -0.25) is 4.90 Å². The van der Waals surface area contributed by atoms with E-state index >= 15 is 0 Å². The maximum absolute atomic E-state index is 13.3. The van der Waals surface area contributed by atoms with Crippen LogP contribution in [0, 0.1) is 5.82 Å². The SMILES string of the molecule is CN1CCC(O)C1c1ccc(Cl)c(F)c1. The Morgan fingerprint density at radius 2 is 2.27 bits per heavy atom. The van der Waals surface area contributed by atoms with E-state index in [9.17, 15) is 9.50 Å². The zero-order valence-corrected chi connectivity index (χ0v) is 9.21. The molecule has 0 aromatic heterocycles. The lowest BCUT2D eigenvalue weighted by atomic mass is 10.0. The maximum Gasteiger partial charge on any atom is 0.142 e. The molecular formula is C11H13ClFNO. The van der Waals surface area contributed by atoms with Crippen molar-refractivity contribution in [2.45, 2.75) is 18.6 Å². The van der Waals surface area contributed by atoms with Gasteiger partial charge in [-0.2, -0.15) is 0 Å². The normalized spacial score (nSPS) is 27.2. The number of aliphatic hydroxyl groups is 1. The standard InChI is InChI=1S/C11H13ClFNO/c1-14-5-4-10(15)11(14)7-2-3-8(12)9(13)6-7/h2-3,6,10-11,15H,4-5H2,1H3. The number of hydrogen-bond acceptors (Lipinski definition) is 2. The fourth-order valence-corrected chi connectivity index (χ4v) is 2.22. The third kappa shape index (κ3) is 2.00. The zero-order chi connectivity index (χ0) is 11.0. The number of rotatable bonds is 1. The molecule has 0 saturated carbocycles. The number of hydrogen-bond donors (Lipinski definition) is 1. The molecule has 0 amide bonds. The fourth-order valence-electron chi connectivity index (χ4n) is 2.10. The van der Waals surface area contributed by atoms with Crippen molar-refractivity contribution in [3.8, 4) is 0 Å². The van der Waals surface area contributed by atoms with E-state index in [1.165, 1.54) is 12.1 Å². The molecule has 1 aromatic rings. The van der Waals surface area contributed by atoms with Gasteiger partial charge in [-0.05, 0) is 31.2 Å². The monoisotopic (exact) mass is 229 g/mol. The Labute approximate surface area is 93.3 Å². The molecule has 1 fully saturated rings. The molecule has 1 heterocycles. The van der Waals surface area contributed by atoms with Gasteiger partial charge in [0.1, 0.15) is 5.82 Å². The van der Waals surface area contributed by atoms with E-state index in [1.54, 1.807) is 6.07 Å². The van der Waals surface area contributed by atoms with Crippen LogP contribution in [0.1, 0.15) is 18.0 Å². The second-order valence-electron chi connectivity index (χ2n) is 3.96. The number of nitrogens with zero attached hydrogens (tertiary/aromatic N) is 1. The Morgan fingerprint density at radius 3 is 2.80 bits per heavy atom. The first-order valence-electron chi connectivity index (χ1n) is 4.93. The quantitative estimate of drug-likeness (QED) is 0.798. The van der Waals surface area contributed by atoms with Gasteiger partial charge in [0.05, 0.1) is 17.2 Å². The molecule has 2 rings (SSSR count). The summed E-state index contributed by atoms with van der Waals surface area (Å²) in [6.45, 7) is 0.829. The summed E-state index contributed by atoms with van der Waals surface area (Å²) in [6.07, 6.45) is 0.307. The summed E-state index contributed by atoms with van der Waals surface area (Å²) in [6, 6.07) is 4.58. The molecule has 2 nitrogen and oxygen atoms in total. The second kappa shape index (κ2) is 4.08. The van der Waals surface area contributed by atoms with Crippen molar-refractivity contribution in [2.75, 3.05) is 13.6 Å². The van der Waals surface area contributed by atoms with Crippen LogP contribution in [0.5, 0.6) is 0 Å². The van der Waals surface area contributed by atoms with E-state index < -0.39 is 11.9 Å². The van der Waals surface area contributed by atoms with Crippen molar-refractivity contribution in [3.05, 3.63) is 34.6 Å². The fraction of sp³-hybridized carbons (Fsp3) is 0.455. The van der Waals surface area contributed by atoms with Gasteiger partial charge in [-0.15, -0.1) is 0 Å². The van der Waals surface area contributed by atoms with Crippen LogP contribution in [0.25, 0.3) is 0 Å². The Kier molecular flexibility index (Phi) is 2.96. The van der Waals surface area contributed by atoms with Gasteiger partial charge in [0, 0.05) is 6.54 Å². The number of benzene rings is 1. The third-order valence-electron chi connectivity index (χ3n) is 2.90. The van der Waals surface area contributed by atoms with Crippen LogP contribution in [0.4, 0.5) is 4.39 Å². The van der Waals surface area contributed by atoms with Crippen molar-refractivity contribution >= 4 is 11.6 Å². The lowest BCUT2D eigenvalue weighted by Gasteiger charge is -2.22. The summed E-state index contributed by atoms with van der Waals surface area (Å²) in [7, 11) is 1.92. The van der Waals surface area contributed by atoms with Crippen LogP contribution in [-0.4, -0.2) is 29.7 Å². The van der Waals surface area contributed by atoms with Crippen molar-refractivity contribution in [1.82, 2.24) is 4.90 Å². The first-order valence-corrected chi connectivity index (χ1v) is 5.30. The van der Waals surface area contributed by atoms with Crippen molar-refractivity contribution in [2.24, 2.45) is 0 Å². The Balaban J connectivity index is 2.32. The molecule has 82 valence electrons. The van der Waals surface area contributed by atoms with Gasteiger partial charge in [0.2, 0.25) is 0 Å². The number of likely N-dealkylation sites (tertiary alicyclic amines) is 1. The molecule has 0 aliphatic carbocycles. The van der Waals surface area contributed by atoms with Crippen LogP contribution >= 0.6 is 11.6 Å². The van der Waals surface area contributed by atoms with Crippen molar-refractivity contribution < 1.29 is 9.50 Å². The van der Waals surface area contributed by atoms with Gasteiger partial charge in [0.15, 0.2) is 0 Å². The number of halogens is 2. The third-order valence-corrected chi connectivity index (χ3v) is 3.21. The summed E-state index contributed by atoms with van der Waals surface area (Å²) in [5.41, 5.74) is 0.782. The lowest BCUT2D eigenvalue weighted by molar-refractivity contribution is 0.127. The molecule has 1 N–H and O–H groups in total. The molecule has 1 saturated heterocycles. The van der Waals surface area contributed by atoms with Crippen molar-refractivity contribution in [3.63, 3.8) is 0 Å². The molecule has 0 spiro atoms. The first kappa shape index (κ1) is 10.9. The first-order chi connectivity index (χ1) is 7.09. The second-order valence-corrected chi connectivity index (χ2v) is 4.36. The van der Waals surface area contributed by atoms with E-state index in [-0.39, 0.29) is 11.1 Å². The highest BCUT2D eigenvalue weighted by Gasteiger charge is 2.31. The van der Waals surface area contributed by atoms with E-state index in [1.807, 2.05) is 11.9 Å². The average molecular weight is 230 g/mol. The molecule has 0 bridgehead atoms.